The summed E-state index contributed by atoms with van der Waals surface area (Å²) < 4.78 is 6.12. The molecule has 0 aliphatic carbocycles. The third-order valence-corrected chi connectivity index (χ3v) is 2.01. The van der Waals surface area contributed by atoms with Crippen LogP contribution in [0.1, 0.15) is 0 Å². The summed E-state index contributed by atoms with van der Waals surface area (Å²) in [6, 6.07) is 1.55. The van der Waals surface area contributed by atoms with Gasteiger partial charge >= 0.3 is 5.69 Å². The SMILES string of the molecule is COc1ccn(C/C(=C/CO)CO)c(=O)n1. The van der Waals surface area contributed by atoms with E-state index >= 15 is 0 Å². The van der Waals surface area contributed by atoms with Crippen molar-refractivity contribution in [2.75, 3.05) is 20.3 Å². The fraction of sp³-hybridized carbons (Fsp3) is 0.400. The molecule has 0 aliphatic rings. The minimum Gasteiger partial charge on any atom is -0.481 e. The predicted octanol–water partition coefficient (Wildman–Crippen LogP) is -0.837. The van der Waals surface area contributed by atoms with E-state index < -0.39 is 5.69 Å². The van der Waals surface area contributed by atoms with Crippen LogP contribution in [-0.2, 0) is 6.54 Å². The molecule has 0 bridgehead atoms. The third kappa shape index (κ3) is 3.18. The zero-order valence-corrected chi connectivity index (χ0v) is 8.96. The quantitative estimate of drug-likeness (QED) is 0.640. The Hall–Kier alpha value is -1.66. The number of aromatic nitrogens is 2. The van der Waals surface area contributed by atoms with Gasteiger partial charge in [-0.25, -0.2) is 4.79 Å². The van der Waals surface area contributed by atoms with Gasteiger partial charge in [-0.05, 0) is 5.57 Å². The first-order valence-electron chi connectivity index (χ1n) is 4.72. The van der Waals surface area contributed by atoms with Crippen molar-refractivity contribution in [1.29, 1.82) is 0 Å². The number of hydrogen-bond donors (Lipinski definition) is 2. The molecule has 0 unspecified atom stereocenters. The summed E-state index contributed by atoms with van der Waals surface area (Å²) in [5.74, 6) is 0.248. The first kappa shape index (κ1) is 12.4. The van der Waals surface area contributed by atoms with Crippen molar-refractivity contribution in [2.24, 2.45) is 0 Å². The van der Waals surface area contributed by atoms with E-state index in [2.05, 4.69) is 4.98 Å². The normalized spacial score (nSPS) is 11.6. The molecule has 0 spiro atoms. The summed E-state index contributed by atoms with van der Waals surface area (Å²) >= 11 is 0. The van der Waals surface area contributed by atoms with Gasteiger partial charge in [-0.1, -0.05) is 6.08 Å². The summed E-state index contributed by atoms with van der Waals surface area (Å²) in [6.07, 6.45) is 2.98. The molecule has 1 aromatic heterocycles. The van der Waals surface area contributed by atoms with Gasteiger partial charge < -0.3 is 14.9 Å². The van der Waals surface area contributed by atoms with Crippen molar-refractivity contribution in [3.63, 3.8) is 0 Å². The van der Waals surface area contributed by atoms with Gasteiger partial charge in [0.2, 0.25) is 5.88 Å². The molecule has 16 heavy (non-hydrogen) atoms. The molecule has 1 heterocycles. The topological polar surface area (TPSA) is 84.6 Å². The molecule has 2 N–H and O–H groups in total. The lowest BCUT2D eigenvalue weighted by atomic mass is 10.2. The van der Waals surface area contributed by atoms with Crippen LogP contribution in [0.15, 0.2) is 28.7 Å². The van der Waals surface area contributed by atoms with E-state index in [1.807, 2.05) is 0 Å². The van der Waals surface area contributed by atoms with Crippen molar-refractivity contribution in [2.45, 2.75) is 6.54 Å². The van der Waals surface area contributed by atoms with E-state index in [1.54, 1.807) is 6.07 Å². The van der Waals surface area contributed by atoms with Crippen LogP contribution in [0, 0.1) is 0 Å². The van der Waals surface area contributed by atoms with Crippen molar-refractivity contribution < 1.29 is 14.9 Å². The van der Waals surface area contributed by atoms with E-state index in [0.717, 1.165) is 0 Å². The number of aliphatic hydroxyl groups excluding tert-OH is 2. The lowest BCUT2D eigenvalue weighted by Crippen LogP contribution is -2.24. The van der Waals surface area contributed by atoms with Crippen LogP contribution in [0.4, 0.5) is 0 Å². The maximum Gasteiger partial charge on any atom is 0.351 e. The maximum absolute atomic E-state index is 11.5. The molecule has 0 saturated carbocycles. The second-order valence-electron chi connectivity index (χ2n) is 3.08. The van der Waals surface area contributed by atoms with Gasteiger partial charge in [-0.15, -0.1) is 0 Å². The van der Waals surface area contributed by atoms with E-state index in [4.69, 9.17) is 14.9 Å². The molecule has 0 radical (unpaired) electrons. The molecule has 0 amide bonds. The molecule has 0 saturated heterocycles. The largest absolute Gasteiger partial charge is 0.481 e. The molecular formula is C10H14N2O4. The van der Waals surface area contributed by atoms with Gasteiger partial charge in [-0.3, -0.25) is 4.57 Å². The Bertz CT molecular complexity index is 425. The van der Waals surface area contributed by atoms with Crippen LogP contribution in [0.5, 0.6) is 5.88 Å². The molecular weight excluding hydrogens is 212 g/mol. The van der Waals surface area contributed by atoms with E-state index in [9.17, 15) is 4.79 Å². The second kappa shape index (κ2) is 6.04. The third-order valence-electron chi connectivity index (χ3n) is 2.01. The fourth-order valence-electron chi connectivity index (χ4n) is 1.17. The van der Waals surface area contributed by atoms with Crippen molar-refractivity contribution in [3.05, 3.63) is 34.4 Å². The maximum atomic E-state index is 11.5. The number of rotatable bonds is 5. The molecule has 0 atom stereocenters. The van der Waals surface area contributed by atoms with Crippen LogP contribution >= 0.6 is 0 Å². The second-order valence-corrected chi connectivity index (χ2v) is 3.08. The Balaban J connectivity index is 2.89. The number of hydrogen-bond acceptors (Lipinski definition) is 5. The minimum atomic E-state index is -0.461. The Kier molecular flexibility index (Phi) is 4.68. The van der Waals surface area contributed by atoms with Gasteiger partial charge in [0, 0.05) is 12.3 Å². The molecule has 88 valence electrons. The van der Waals surface area contributed by atoms with Crippen molar-refractivity contribution in [1.82, 2.24) is 9.55 Å². The average molecular weight is 226 g/mol. The van der Waals surface area contributed by atoms with Crippen LogP contribution < -0.4 is 10.4 Å². The lowest BCUT2D eigenvalue weighted by molar-refractivity contribution is 0.312. The lowest BCUT2D eigenvalue weighted by Gasteiger charge is -2.07. The average Bonchev–Trinajstić information content (AvgIpc) is 2.30. The number of ether oxygens (including phenoxy) is 1. The van der Waals surface area contributed by atoms with Crippen LogP contribution in [0.3, 0.4) is 0 Å². The van der Waals surface area contributed by atoms with E-state index in [-0.39, 0.29) is 25.6 Å². The van der Waals surface area contributed by atoms with Gasteiger partial charge in [0.25, 0.3) is 0 Å². The summed E-state index contributed by atoms with van der Waals surface area (Å²) in [5.41, 5.74) is 0.0909. The molecule has 0 aromatic carbocycles. The Morgan fingerprint density at radius 1 is 1.62 bits per heavy atom. The zero-order valence-electron chi connectivity index (χ0n) is 8.96. The number of nitrogens with zero attached hydrogens (tertiary/aromatic N) is 2. The van der Waals surface area contributed by atoms with Crippen LogP contribution in [0.25, 0.3) is 0 Å². The molecule has 0 fully saturated rings. The summed E-state index contributed by atoms with van der Waals surface area (Å²) in [5, 5.41) is 17.7. The smallest absolute Gasteiger partial charge is 0.351 e. The van der Waals surface area contributed by atoms with Gasteiger partial charge in [0.05, 0.1) is 26.9 Å². The Labute approximate surface area is 92.4 Å². The highest BCUT2D eigenvalue weighted by atomic mass is 16.5. The van der Waals surface area contributed by atoms with Gasteiger partial charge in [0.15, 0.2) is 0 Å². The highest BCUT2D eigenvalue weighted by molar-refractivity contribution is 5.08. The zero-order chi connectivity index (χ0) is 12.0. The summed E-state index contributed by atoms with van der Waals surface area (Å²) in [4.78, 5) is 15.1. The van der Waals surface area contributed by atoms with Crippen LogP contribution in [-0.4, -0.2) is 40.1 Å². The minimum absolute atomic E-state index is 0.172. The highest BCUT2D eigenvalue weighted by Gasteiger charge is 2.02. The first-order chi connectivity index (χ1) is 7.71. The molecule has 1 rings (SSSR count). The number of aliphatic hydroxyl groups is 2. The number of methoxy groups -OCH3 is 1. The van der Waals surface area contributed by atoms with Gasteiger partial charge in [-0.2, -0.15) is 4.98 Å². The monoisotopic (exact) mass is 226 g/mol. The molecule has 1 aromatic rings. The van der Waals surface area contributed by atoms with Crippen LogP contribution in [0.2, 0.25) is 0 Å². The van der Waals surface area contributed by atoms with Crippen molar-refractivity contribution >= 4 is 0 Å². The standard InChI is InChI=1S/C10H14N2O4/c1-16-9-2-4-12(10(15)11-9)6-8(7-14)3-5-13/h2-4,13-14H,5-7H2,1H3/b8-3-. The summed E-state index contributed by atoms with van der Waals surface area (Å²) in [7, 11) is 1.43. The highest BCUT2D eigenvalue weighted by Crippen LogP contribution is 2.01. The molecule has 0 aliphatic heterocycles. The van der Waals surface area contributed by atoms with E-state index in [0.29, 0.717) is 5.57 Å². The van der Waals surface area contributed by atoms with E-state index in [1.165, 1.54) is 23.9 Å². The Morgan fingerprint density at radius 2 is 2.38 bits per heavy atom. The predicted molar refractivity (Wildman–Crippen MR) is 57.3 cm³/mol. The molecule has 6 heteroatoms. The van der Waals surface area contributed by atoms with Gasteiger partial charge in [0.1, 0.15) is 0 Å². The first-order valence-corrected chi connectivity index (χ1v) is 4.72. The summed E-state index contributed by atoms with van der Waals surface area (Å²) in [6.45, 7) is -0.180. The molecule has 6 nitrogen and oxygen atoms in total. The van der Waals surface area contributed by atoms with Crippen molar-refractivity contribution in [3.8, 4) is 5.88 Å². The Morgan fingerprint density at radius 3 is 2.88 bits per heavy atom. The fourth-order valence-corrected chi connectivity index (χ4v) is 1.17.